The standard InChI is InChI=1S/C21H18N2O4S/c1-24-20-22-8-13(28-20)9-23-10-21(14-4-2-3-5-16(14)23)11-25-17-7-19-18(6-15(17)21)26-12-27-19/h2-8H,9-12H2,1H3. The molecule has 28 heavy (non-hydrogen) atoms. The highest BCUT2D eigenvalue weighted by atomic mass is 32.1. The van der Waals surface area contributed by atoms with Crippen molar-refractivity contribution >= 4 is 17.0 Å². The lowest BCUT2D eigenvalue weighted by molar-refractivity contribution is 0.173. The fraction of sp³-hybridized carbons (Fsp3) is 0.286. The van der Waals surface area contributed by atoms with Crippen LogP contribution in [0.1, 0.15) is 16.0 Å². The van der Waals surface area contributed by atoms with Crippen molar-refractivity contribution in [2.45, 2.75) is 12.0 Å². The van der Waals surface area contributed by atoms with Gasteiger partial charge < -0.3 is 23.8 Å². The number of thiazole rings is 1. The van der Waals surface area contributed by atoms with Crippen LogP contribution in [0.4, 0.5) is 5.69 Å². The van der Waals surface area contributed by atoms with Gasteiger partial charge in [-0.25, -0.2) is 4.98 Å². The van der Waals surface area contributed by atoms with Crippen molar-refractivity contribution in [1.82, 2.24) is 4.98 Å². The molecule has 1 atom stereocenters. The average Bonchev–Trinajstić information content (AvgIpc) is 3.49. The first kappa shape index (κ1) is 16.1. The van der Waals surface area contributed by atoms with Gasteiger partial charge in [0.1, 0.15) is 12.4 Å². The molecule has 0 fully saturated rings. The van der Waals surface area contributed by atoms with Crippen LogP contribution in [0.5, 0.6) is 22.4 Å². The van der Waals surface area contributed by atoms with Crippen molar-refractivity contribution in [2.75, 3.05) is 32.0 Å². The molecular formula is C21H18N2O4S. The number of nitrogens with zero attached hydrogens (tertiary/aromatic N) is 2. The number of aromatic nitrogens is 1. The molecule has 6 rings (SSSR count). The lowest BCUT2D eigenvalue weighted by atomic mass is 9.77. The molecule has 0 amide bonds. The molecule has 3 aliphatic heterocycles. The number of para-hydroxylation sites is 1. The maximum atomic E-state index is 6.15. The lowest BCUT2D eigenvalue weighted by Gasteiger charge is -2.25. The predicted molar refractivity (Wildman–Crippen MR) is 105 cm³/mol. The second-order valence-corrected chi connectivity index (χ2v) is 8.32. The number of anilines is 1. The molecule has 1 spiro atoms. The largest absolute Gasteiger partial charge is 0.492 e. The number of benzene rings is 2. The smallest absolute Gasteiger partial charge is 0.273 e. The Hall–Kier alpha value is -2.93. The average molecular weight is 394 g/mol. The Morgan fingerprint density at radius 3 is 2.82 bits per heavy atom. The quantitative estimate of drug-likeness (QED) is 0.677. The van der Waals surface area contributed by atoms with Crippen molar-refractivity contribution in [3.8, 4) is 22.4 Å². The van der Waals surface area contributed by atoms with E-state index in [-0.39, 0.29) is 12.2 Å². The lowest BCUT2D eigenvalue weighted by Crippen LogP contribution is -2.35. The first-order chi connectivity index (χ1) is 13.8. The topological polar surface area (TPSA) is 53.1 Å². The molecule has 0 bridgehead atoms. The summed E-state index contributed by atoms with van der Waals surface area (Å²) in [5, 5.41) is 0.694. The monoisotopic (exact) mass is 394 g/mol. The Labute approximate surface area is 166 Å². The van der Waals surface area contributed by atoms with E-state index in [4.69, 9.17) is 18.9 Å². The van der Waals surface area contributed by atoms with Crippen LogP contribution in [0.2, 0.25) is 0 Å². The van der Waals surface area contributed by atoms with Crippen LogP contribution in [0, 0.1) is 0 Å². The minimum absolute atomic E-state index is 0.207. The van der Waals surface area contributed by atoms with E-state index < -0.39 is 0 Å². The fourth-order valence-electron chi connectivity index (χ4n) is 4.49. The molecule has 3 aromatic rings. The van der Waals surface area contributed by atoms with Gasteiger partial charge in [0.05, 0.1) is 19.1 Å². The summed E-state index contributed by atoms with van der Waals surface area (Å²) in [7, 11) is 1.65. The number of rotatable bonds is 3. The van der Waals surface area contributed by atoms with Crippen LogP contribution >= 0.6 is 11.3 Å². The van der Waals surface area contributed by atoms with Crippen LogP contribution in [-0.4, -0.2) is 32.0 Å². The molecule has 4 heterocycles. The van der Waals surface area contributed by atoms with Gasteiger partial charge in [-0.15, -0.1) is 0 Å². The van der Waals surface area contributed by atoms with Gasteiger partial charge >= 0.3 is 0 Å². The van der Waals surface area contributed by atoms with Crippen molar-refractivity contribution in [1.29, 1.82) is 0 Å². The highest BCUT2D eigenvalue weighted by molar-refractivity contribution is 7.13. The molecule has 2 aromatic carbocycles. The summed E-state index contributed by atoms with van der Waals surface area (Å²) in [4.78, 5) is 7.89. The fourth-order valence-corrected chi connectivity index (χ4v) is 5.22. The summed E-state index contributed by atoms with van der Waals surface area (Å²) >= 11 is 1.58. The van der Waals surface area contributed by atoms with Gasteiger partial charge in [-0.05, 0) is 17.7 Å². The van der Waals surface area contributed by atoms with Crippen molar-refractivity contribution in [3.05, 3.63) is 58.6 Å². The first-order valence-electron chi connectivity index (χ1n) is 9.17. The molecule has 1 unspecified atom stereocenters. The molecule has 142 valence electrons. The van der Waals surface area contributed by atoms with Crippen molar-refractivity contribution < 1.29 is 18.9 Å². The molecule has 0 saturated heterocycles. The Balaban J connectivity index is 1.43. The Morgan fingerprint density at radius 1 is 1.11 bits per heavy atom. The van der Waals surface area contributed by atoms with Crippen LogP contribution < -0.4 is 23.8 Å². The predicted octanol–water partition coefficient (Wildman–Crippen LogP) is 3.58. The van der Waals surface area contributed by atoms with E-state index in [0.29, 0.717) is 11.8 Å². The van der Waals surface area contributed by atoms with E-state index in [1.165, 1.54) is 21.7 Å². The summed E-state index contributed by atoms with van der Waals surface area (Å²) < 4.78 is 22.6. The number of hydrogen-bond acceptors (Lipinski definition) is 7. The third kappa shape index (κ3) is 2.16. The van der Waals surface area contributed by atoms with Gasteiger partial charge in [-0.3, -0.25) is 0 Å². The van der Waals surface area contributed by atoms with Crippen LogP contribution in [-0.2, 0) is 12.0 Å². The molecule has 0 saturated carbocycles. The first-order valence-corrected chi connectivity index (χ1v) is 9.98. The normalized spacial score (nSPS) is 21.0. The van der Waals surface area contributed by atoms with Crippen LogP contribution in [0.15, 0.2) is 42.6 Å². The molecule has 1 aromatic heterocycles. The van der Waals surface area contributed by atoms with E-state index in [1.807, 2.05) is 12.3 Å². The van der Waals surface area contributed by atoms with Gasteiger partial charge in [0.15, 0.2) is 11.5 Å². The molecule has 0 N–H and O–H groups in total. The van der Waals surface area contributed by atoms with E-state index in [0.717, 1.165) is 30.3 Å². The molecule has 0 aliphatic carbocycles. The molecular weight excluding hydrogens is 376 g/mol. The second-order valence-electron chi connectivity index (χ2n) is 7.24. The maximum absolute atomic E-state index is 6.15. The number of fused-ring (bicyclic) bond motifs is 5. The van der Waals surface area contributed by atoms with Gasteiger partial charge in [0, 0.05) is 34.9 Å². The minimum Gasteiger partial charge on any atom is -0.492 e. The summed E-state index contributed by atoms with van der Waals surface area (Å²) in [6.07, 6.45) is 1.90. The number of hydrogen-bond donors (Lipinski definition) is 0. The van der Waals surface area contributed by atoms with E-state index in [1.54, 1.807) is 18.4 Å². The SMILES string of the molecule is COc1ncc(CN2CC3(COc4cc5c(cc43)OCO5)c3ccccc32)s1. The third-order valence-electron chi connectivity index (χ3n) is 5.74. The second kappa shape index (κ2) is 5.78. The Kier molecular flexibility index (Phi) is 3.32. The van der Waals surface area contributed by atoms with Crippen molar-refractivity contribution in [2.24, 2.45) is 0 Å². The zero-order valence-corrected chi connectivity index (χ0v) is 16.1. The van der Waals surface area contributed by atoms with Crippen molar-refractivity contribution in [3.63, 3.8) is 0 Å². The minimum atomic E-state index is -0.207. The van der Waals surface area contributed by atoms with Gasteiger partial charge in [0.25, 0.3) is 5.19 Å². The highest BCUT2D eigenvalue weighted by Gasteiger charge is 2.50. The van der Waals surface area contributed by atoms with Crippen LogP contribution in [0.3, 0.4) is 0 Å². The van der Waals surface area contributed by atoms with E-state index in [9.17, 15) is 0 Å². The zero-order chi connectivity index (χ0) is 18.7. The van der Waals surface area contributed by atoms with Crippen LogP contribution in [0.25, 0.3) is 0 Å². The third-order valence-corrected chi connectivity index (χ3v) is 6.68. The highest BCUT2D eigenvalue weighted by Crippen LogP contribution is 2.54. The summed E-state index contributed by atoms with van der Waals surface area (Å²) in [6, 6.07) is 12.7. The van der Waals surface area contributed by atoms with Gasteiger partial charge in [-0.2, -0.15) is 0 Å². The Bertz CT molecular complexity index is 1080. The molecule has 6 nitrogen and oxygen atoms in total. The van der Waals surface area contributed by atoms with E-state index in [2.05, 4.69) is 40.2 Å². The summed E-state index contributed by atoms with van der Waals surface area (Å²) in [5.41, 5.74) is 3.50. The Morgan fingerprint density at radius 2 is 1.96 bits per heavy atom. The molecule has 3 aliphatic rings. The number of ether oxygens (including phenoxy) is 4. The zero-order valence-electron chi connectivity index (χ0n) is 15.3. The molecule has 0 radical (unpaired) electrons. The van der Waals surface area contributed by atoms with Gasteiger partial charge in [-0.1, -0.05) is 29.5 Å². The summed E-state index contributed by atoms with van der Waals surface area (Å²) in [5.74, 6) is 2.45. The summed E-state index contributed by atoms with van der Waals surface area (Å²) in [6.45, 7) is 2.52. The van der Waals surface area contributed by atoms with Gasteiger partial charge in [0.2, 0.25) is 6.79 Å². The number of methoxy groups -OCH3 is 1. The maximum Gasteiger partial charge on any atom is 0.273 e. The van der Waals surface area contributed by atoms with E-state index >= 15 is 0 Å². The molecule has 7 heteroatoms.